The molecule has 0 saturated heterocycles. The Hall–Kier alpha value is -1.89. The Bertz CT molecular complexity index is 968. The zero-order valence-corrected chi connectivity index (χ0v) is 21.4. The molecule has 2 fully saturated rings. The van der Waals surface area contributed by atoms with Gasteiger partial charge in [-0.3, -0.25) is 0 Å². The van der Waals surface area contributed by atoms with E-state index in [4.69, 9.17) is 0 Å². The molecule has 0 spiro atoms. The van der Waals surface area contributed by atoms with Gasteiger partial charge >= 0.3 is 0 Å². The average Bonchev–Trinajstić information content (AvgIpc) is 2.89. The van der Waals surface area contributed by atoms with Crippen molar-refractivity contribution in [3.05, 3.63) is 76.6 Å². The molecule has 3 aliphatic carbocycles. The van der Waals surface area contributed by atoms with Crippen LogP contribution in [0.15, 0.2) is 48.5 Å². The van der Waals surface area contributed by atoms with E-state index in [0.29, 0.717) is 11.8 Å². The maximum Gasteiger partial charge on any atom is 0.130 e. The van der Waals surface area contributed by atoms with Gasteiger partial charge in [-0.25, -0.2) is 4.39 Å². The minimum absolute atomic E-state index is 0.00836. The van der Waals surface area contributed by atoms with Crippen molar-refractivity contribution in [2.75, 3.05) is 0 Å². The van der Waals surface area contributed by atoms with Crippen molar-refractivity contribution in [3.8, 4) is 0 Å². The number of halogens is 1. The van der Waals surface area contributed by atoms with Crippen molar-refractivity contribution in [2.24, 2.45) is 11.8 Å². The fraction of sp³-hybridized carbons (Fsp3) is 0.576. The minimum atomic E-state index is -0.00836. The summed E-state index contributed by atoms with van der Waals surface area (Å²) in [6.45, 7) is 4.69. The average molecular weight is 459 g/mol. The summed E-state index contributed by atoms with van der Waals surface area (Å²) < 4.78 is 15.2. The predicted octanol–water partition coefficient (Wildman–Crippen LogP) is 10.2. The zero-order valence-electron chi connectivity index (χ0n) is 21.4. The van der Waals surface area contributed by atoms with E-state index in [1.165, 1.54) is 80.1 Å². The Morgan fingerprint density at radius 3 is 1.88 bits per heavy atom. The number of rotatable bonds is 5. The van der Waals surface area contributed by atoms with Gasteiger partial charge in [-0.05, 0) is 116 Å². The van der Waals surface area contributed by atoms with Gasteiger partial charge in [0.2, 0.25) is 0 Å². The highest BCUT2D eigenvalue weighted by atomic mass is 19.1. The van der Waals surface area contributed by atoms with Crippen molar-refractivity contribution < 1.29 is 4.39 Å². The molecule has 0 aliphatic heterocycles. The van der Waals surface area contributed by atoms with Crippen LogP contribution >= 0.6 is 0 Å². The number of benzene rings is 2. The van der Waals surface area contributed by atoms with E-state index < -0.39 is 0 Å². The van der Waals surface area contributed by atoms with Crippen LogP contribution < -0.4 is 0 Å². The second-order valence-corrected chi connectivity index (χ2v) is 11.7. The van der Waals surface area contributed by atoms with Crippen LogP contribution in [0.25, 0.3) is 5.57 Å². The lowest BCUT2D eigenvalue weighted by Crippen LogP contribution is -2.13. The predicted molar refractivity (Wildman–Crippen MR) is 143 cm³/mol. The Labute approximate surface area is 207 Å². The Kier molecular flexibility index (Phi) is 7.57. The van der Waals surface area contributed by atoms with Gasteiger partial charge < -0.3 is 0 Å². The van der Waals surface area contributed by atoms with Gasteiger partial charge in [0.25, 0.3) is 0 Å². The van der Waals surface area contributed by atoms with Gasteiger partial charge in [0.15, 0.2) is 0 Å². The molecule has 2 aromatic rings. The lowest BCUT2D eigenvalue weighted by molar-refractivity contribution is 0.318. The van der Waals surface area contributed by atoms with Gasteiger partial charge in [0.05, 0.1) is 0 Å². The molecule has 0 heterocycles. The third-order valence-electron chi connectivity index (χ3n) is 9.54. The summed E-state index contributed by atoms with van der Waals surface area (Å²) in [6.07, 6.45) is 17.2. The first kappa shape index (κ1) is 23.8. The van der Waals surface area contributed by atoms with Gasteiger partial charge in [-0.15, -0.1) is 0 Å². The fourth-order valence-electron chi connectivity index (χ4n) is 6.97. The number of hydrogen-bond donors (Lipinski definition) is 0. The third-order valence-corrected chi connectivity index (χ3v) is 9.54. The monoisotopic (exact) mass is 458 g/mol. The van der Waals surface area contributed by atoms with Crippen LogP contribution in [0.2, 0.25) is 0 Å². The van der Waals surface area contributed by atoms with E-state index in [0.717, 1.165) is 42.6 Å². The summed E-state index contributed by atoms with van der Waals surface area (Å²) in [7, 11) is 0. The van der Waals surface area contributed by atoms with Crippen molar-refractivity contribution in [3.63, 3.8) is 0 Å². The molecule has 182 valence electrons. The SMILES string of the molecule is CCC1CCC(c2ccc(C3=CCC(c4ccc(C5CCC(C)CC5)cc4)CC3)c(F)c2)CC1. The quantitative estimate of drug-likeness (QED) is 0.418. The highest BCUT2D eigenvalue weighted by molar-refractivity contribution is 5.67. The molecule has 3 aliphatic rings. The number of hydrogen-bond acceptors (Lipinski definition) is 0. The lowest BCUT2D eigenvalue weighted by Gasteiger charge is -2.28. The molecule has 0 N–H and O–H groups in total. The summed E-state index contributed by atoms with van der Waals surface area (Å²) in [5.41, 5.74) is 6.27. The molecule has 0 amide bonds. The van der Waals surface area contributed by atoms with Crippen molar-refractivity contribution >= 4 is 5.57 Å². The lowest BCUT2D eigenvalue weighted by atomic mass is 9.77. The smallest absolute Gasteiger partial charge is 0.130 e. The van der Waals surface area contributed by atoms with E-state index >= 15 is 4.39 Å². The summed E-state index contributed by atoms with van der Waals surface area (Å²) in [5.74, 6) is 3.66. The Morgan fingerprint density at radius 2 is 1.29 bits per heavy atom. The molecule has 2 saturated carbocycles. The fourth-order valence-corrected chi connectivity index (χ4v) is 6.97. The molecule has 0 bridgehead atoms. The second-order valence-electron chi connectivity index (χ2n) is 11.7. The first-order chi connectivity index (χ1) is 16.6. The highest BCUT2D eigenvalue weighted by Crippen LogP contribution is 2.41. The van der Waals surface area contributed by atoms with E-state index in [2.05, 4.69) is 56.3 Å². The first-order valence-corrected chi connectivity index (χ1v) is 14.2. The molecule has 5 rings (SSSR count). The van der Waals surface area contributed by atoms with Gasteiger partial charge in [-0.2, -0.15) is 0 Å². The van der Waals surface area contributed by atoms with Crippen LogP contribution in [0.1, 0.15) is 131 Å². The maximum atomic E-state index is 15.2. The van der Waals surface area contributed by atoms with E-state index in [-0.39, 0.29) is 5.82 Å². The third kappa shape index (κ3) is 5.34. The van der Waals surface area contributed by atoms with Gasteiger partial charge in [0.1, 0.15) is 5.82 Å². The normalized spacial score (nSPS) is 30.1. The number of allylic oxidation sites excluding steroid dienone is 2. The molecule has 0 radical (unpaired) electrons. The van der Waals surface area contributed by atoms with E-state index in [1.807, 2.05) is 6.07 Å². The maximum absolute atomic E-state index is 15.2. The largest absolute Gasteiger partial charge is 0.206 e. The van der Waals surface area contributed by atoms with Crippen LogP contribution in [0.4, 0.5) is 4.39 Å². The van der Waals surface area contributed by atoms with Crippen LogP contribution in [0.3, 0.4) is 0 Å². The highest BCUT2D eigenvalue weighted by Gasteiger charge is 2.24. The van der Waals surface area contributed by atoms with E-state index in [9.17, 15) is 0 Å². The molecule has 34 heavy (non-hydrogen) atoms. The summed E-state index contributed by atoms with van der Waals surface area (Å²) in [4.78, 5) is 0. The summed E-state index contributed by atoms with van der Waals surface area (Å²) in [6, 6.07) is 15.7. The van der Waals surface area contributed by atoms with Crippen LogP contribution in [-0.4, -0.2) is 0 Å². The summed E-state index contributed by atoms with van der Waals surface area (Å²) in [5, 5.41) is 0. The molecule has 1 unspecified atom stereocenters. The molecular weight excluding hydrogens is 415 g/mol. The molecule has 0 nitrogen and oxygen atoms in total. The molecule has 1 heteroatoms. The topological polar surface area (TPSA) is 0 Å². The van der Waals surface area contributed by atoms with Crippen LogP contribution in [-0.2, 0) is 0 Å². The van der Waals surface area contributed by atoms with Gasteiger partial charge in [-0.1, -0.05) is 75.6 Å². The van der Waals surface area contributed by atoms with Crippen LogP contribution in [0.5, 0.6) is 0 Å². The molecule has 2 aromatic carbocycles. The van der Waals surface area contributed by atoms with Crippen molar-refractivity contribution in [2.45, 2.75) is 109 Å². The summed E-state index contributed by atoms with van der Waals surface area (Å²) >= 11 is 0. The Balaban J connectivity index is 1.20. The molecular formula is C33H43F. The van der Waals surface area contributed by atoms with Crippen molar-refractivity contribution in [1.82, 2.24) is 0 Å². The molecule has 0 aromatic heterocycles. The second kappa shape index (κ2) is 10.8. The van der Waals surface area contributed by atoms with Crippen LogP contribution in [0, 0.1) is 17.7 Å². The zero-order chi connectivity index (χ0) is 23.5. The molecule has 1 atom stereocenters. The van der Waals surface area contributed by atoms with Gasteiger partial charge in [0, 0.05) is 5.56 Å². The van der Waals surface area contributed by atoms with E-state index in [1.54, 1.807) is 0 Å². The first-order valence-electron chi connectivity index (χ1n) is 14.2. The standard InChI is InChI=1S/C33H43F/c1-3-24-6-10-29(11-7-24)31-20-21-32(33(34)22-31)30-18-16-28(17-19-30)27-14-12-26(13-15-27)25-8-4-23(2)5-9-25/h12-15,18,20-25,28-29H,3-11,16-17,19H2,1-2H3. The Morgan fingerprint density at radius 1 is 0.706 bits per heavy atom. The van der Waals surface area contributed by atoms with Crippen molar-refractivity contribution in [1.29, 1.82) is 0 Å². The minimum Gasteiger partial charge on any atom is -0.206 e.